The number of rotatable bonds is 4. The smallest absolute Gasteiger partial charge is 0.0164 e. The summed E-state index contributed by atoms with van der Waals surface area (Å²) < 4.78 is 0. The summed E-state index contributed by atoms with van der Waals surface area (Å²) in [7, 11) is 0. The fourth-order valence-electron chi connectivity index (χ4n) is 5.58. The van der Waals surface area contributed by atoms with Crippen molar-refractivity contribution in [3.05, 3.63) is 71.1 Å². The van der Waals surface area contributed by atoms with Crippen LogP contribution in [0.15, 0.2) is 48.0 Å². The molecule has 0 saturated heterocycles. The fraction of sp³-hybridized carbons (Fsp3) is 0.444. The number of fused-ring (bicyclic) bond motifs is 1. The summed E-state index contributed by atoms with van der Waals surface area (Å²) in [5.41, 5.74) is 8.73. The summed E-state index contributed by atoms with van der Waals surface area (Å²) in [5, 5.41) is 0. The molecule has 0 atom stereocenters. The second-order valence-electron chi connectivity index (χ2n) is 8.98. The van der Waals surface area contributed by atoms with Gasteiger partial charge in [0.1, 0.15) is 0 Å². The molecule has 0 N–H and O–H groups in total. The minimum absolute atomic E-state index is 0. The van der Waals surface area contributed by atoms with E-state index in [1.807, 2.05) is 0 Å². The molecule has 3 aliphatic rings. The van der Waals surface area contributed by atoms with Crippen molar-refractivity contribution in [1.29, 1.82) is 0 Å². The molecule has 2 saturated carbocycles. The van der Waals surface area contributed by atoms with Crippen LogP contribution in [0.4, 0.5) is 0 Å². The molecular formula is C27H31Zr. The molecule has 0 aliphatic heterocycles. The van der Waals surface area contributed by atoms with E-state index < -0.39 is 0 Å². The molecule has 2 fully saturated rings. The van der Waals surface area contributed by atoms with Crippen molar-refractivity contribution in [3.8, 4) is 11.1 Å². The van der Waals surface area contributed by atoms with Gasteiger partial charge in [-0.15, -0.1) is 0 Å². The van der Waals surface area contributed by atoms with E-state index in [1.54, 1.807) is 11.1 Å². The van der Waals surface area contributed by atoms with E-state index in [1.165, 1.54) is 86.5 Å². The van der Waals surface area contributed by atoms with Gasteiger partial charge in [0.25, 0.3) is 0 Å². The van der Waals surface area contributed by atoms with Gasteiger partial charge in [0.2, 0.25) is 0 Å². The molecule has 5 rings (SSSR count). The topological polar surface area (TPSA) is 0 Å². The maximum Gasteiger partial charge on any atom is 0.0164 e. The summed E-state index contributed by atoms with van der Waals surface area (Å²) in [6, 6.07) is 16.3. The maximum absolute atomic E-state index is 2.47. The molecule has 143 valence electrons. The van der Waals surface area contributed by atoms with Gasteiger partial charge in [-0.3, -0.25) is 0 Å². The van der Waals surface area contributed by atoms with Crippen molar-refractivity contribution in [3.63, 3.8) is 0 Å². The van der Waals surface area contributed by atoms with Crippen LogP contribution < -0.4 is 0 Å². The Labute approximate surface area is 190 Å². The zero-order chi connectivity index (χ0) is 18.1. The van der Waals surface area contributed by atoms with E-state index in [0.717, 1.165) is 11.8 Å². The van der Waals surface area contributed by atoms with Crippen LogP contribution in [0.1, 0.15) is 86.8 Å². The molecule has 0 unspecified atom stereocenters. The Balaban J connectivity index is 0.00000192. The van der Waals surface area contributed by atoms with Gasteiger partial charge in [0, 0.05) is 32.6 Å². The van der Waals surface area contributed by atoms with Crippen LogP contribution >= 0.6 is 0 Å². The van der Waals surface area contributed by atoms with Crippen LogP contribution in [-0.4, -0.2) is 0 Å². The van der Waals surface area contributed by atoms with Crippen LogP contribution in [0.25, 0.3) is 17.2 Å². The van der Waals surface area contributed by atoms with E-state index in [4.69, 9.17) is 0 Å². The molecular weight excluding hydrogens is 416 g/mol. The normalized spacial score (nSPS) is 19.9. The number of benzene rings is 2. The zero-order valence-electron chi connectivity index (χ0n) is 16.9. The van der Waals surface area contributed by atoms with Crippen molar-refractivity contribution in [1.82, 2.24) is 0 Å². The Morgan fingerprint density at radius 3 is 2.21 bits per heavy atom. The Morgan fingerprint density at radius 1 is 0.750 bits per heavy atom. The summed E-state index contributed by atoms with van der Waals surface area (Å²) in [6.45, 7) is 0. The minimum Gasteiger partial charge on any atom is -0.0613 e. The molecule has 0 bridgehead atoms. The molecule has 2 aromatic rings. The van der Waals surface area contributed by atoms with Crippen molar-refractivity contribution in [2.75, 3.05) is 0 Å². The number of allylic oxidation sites excluding steroid dienone is 1. The Bertz CT molecular complexity index is 818. The zero-order valence-corrected chi connectivity index (χ0v) is 19.4. The molecule has 0 amide bonds. The maximum atomic E-state index is 2.47. The molecule has 1 heteroatoms. The van der Waals surface area contributed by atoms with Crippen LogP contribution in [0, 0.1) is 12.3 Å². The summed E-state index contributed by atoms with van der Waals surface area (Å²) >= 11 is 0. The van der Waals surface area contributed by atoms with Gasteiger partial charge in [0.15, 0.2) is 0 Å². The Hall–Kier alpha value is -0.937. The molecule has 0 heterocycles. The summed E-state index contributed by atoms with van der Waals surface area (Å²) in [4.78, 5) is 0. The molecule has 0 spiro atoms. The number of hydrogen-bond donors (Lipinski definition) is 0. The van der Waals surface area contributed by atoms with E-state index in [0.29, 0.717) is 0 Å². The summed E-state index contributed by atoms with van der Waals surface area (Å²) in [5.74, 6) is 1.71. The summed E-state index contributed by atoms with van der Waals surface area (Å²) in [6.07, 6.45) is 18.9. The first kappa shape index (κ1) is 20.3. The van der Waals surface area contributed by atoms with Gasteiger partial charge in [-0.25, -0.2) is 0 Å². The average molecular weight is 447 g/mol. The third-order valence-electron chi connectivity index (χ3n) is 7.11. The van der Waals surface area contributed by atoms with Crippen molar-refractivity contribution < 1.29 is 26.2 Å². The third-order valence-corrected chi connectivity index (χ3v) is 7.11. The molecule has 28 heavy (non-hydrogen) atoms. The monoisotopic (exact) mass is 445 g/mol. The predicted molar refractivity (Wildman–Crippen MR) is 116 cm³/mol. The molecule has 3 aliphatic carbocycles. The van der Waals surface area contributed by atoms with Crippen molar-refractivity contribution in [2.24, 2.45) is 5.92 Å². The van der Waals surface area contributed by atoms with Gasteiger partial charge < -0.3 is 0 Å². The fourth-order valence-corrected chi connectivity index (χ4v) is 5.58. The predicted octanol–water partition coefficient (Wildman–Crippen LogP) is 7.93. The largest absolute Gasteiger partial charge is 0.0613 e. The molecule has 1 radical (unpaired) electrons. The Morgan fingerprint density at radius 2 is 1.46 bits per heavy atom. The van der Waals surface area contributed by atoms with Crippen LogP contribution in [-0.2, 0) is 26.2 Å². The molecule has 0 nitrogen and oxygen atoms in total. The van der Waals surface area contributed by atoms with E-state index in [-0.39, 0.29) is 26.2 Å². The second kappa shape index (κ2) is 9.25. The van der Waals surface area contributed by atoms with Gasteiger partial charge in [0.05, 0.1) is 0 Å². The number of hydrogen-bond acceptors (Lipinski definition) is 0. The van der Waals surface area contributed by atoms with Crippen LogP contribution in [0.5, 0.6) is 0 Å². The van der Waals surface area contributed by atoms with Gasteiger partial charge >= 0.3 is 0 Å². The van der Waals surface area contributed by atoms with E-state index >= 15 is 0 Å². The first-order chi connectivity index (χ1) is 13.4. The van der Waals surface area contributed by atoms with Gasteiger partial charge in [-0.2, -0.15) is 0 Å². The van der Waals surface area contributed by atoms with Gasteiger partial charge in [-0.1, -0.05) is 99.1 Å². The Kier molecular flexibility index (Phi) is 6.72. The minimum atomic E-state index is 0. The van der Waals surface area contributed by atoms with E-state index in [9.17, 15) is 0 Å². The third kappa shape index (κ3) is 4.30. The van der Waals surface area contributed by atoms with Crippen LogP contribution in [0.2, 0.25) is 0 Å². The van der Waals surface area contributed by atoms with Gasteiger partial charge in [-0.05, 0) is 58.9 Å². The van der Waals surface area contributed by atoms with Crippen LogP contribution in [0.3, 0.4) is 0 Å². The first-order valence-corrected chi connectivity index (χ1v) is 11.2. The van der Waals surface area contributed by atoms with E-state index in [2.05, 4.69) is 55.0 Å². The second-order valence-corrected chi connectivity index (χ2v) is 8.98. The standard InChI is InChI=1S/C27H31.Zr/c1-2-9-22(10-3-1)23-13-15-24(16-14-23)26-12-6-11-25-18-21(19-27(25)26)17-20-7-4-5-8-20;/h6,11-16,18-20,22H,1-5,7-10,17H2;. The molecule has 0 aromatic heterocycles. The van der Waals surface area contributed by atoms with Crippen molar-refractivity contribution >= 4 is 6.08 Å². The van der Waals surface area contributed by atoms with Crippen molar-refractivity contribution in [2.45, 2.75) is 70.1 Å². The SMILES string of the molecule is [CH]1C(CC2CCCC2)=Cc2c1cccc2-c1ccc(C2CCCCC2)cc1.[Zr]. The first-order valence-electron chi connectivity index (χ1n) is 11.2. The average Bonchev–Trinajstić information content (AvgIpc) is 3.38. The molecule has 2 aromatic carbocycles. The quantitative estimate of drug-likeness (QED) is 0.447.